The average Bonchev–Trinajstić information content (AvgIpc) is 2.45. The van der Waals surface area contributed by atoms with Crippen LogP contribution >= 0.6 is 0 Å². The van der Waals surface area contributed by atoms with Gasteiger partial charge in [0, 0.05) is 38.9 Å². The number of carbonyl (C=O) groups is 1. The van der Waals surface area contributed by atoms with E-state index in [2.05, 4.69) is 35.9 Å². The van der Waals surface area contributed by atoms with Crippen LogP contribution in [0.15, 0.2) is 30.3 Å². The predicted octanol–water partition coefficient (Wildman–Crippen LogP) is 2.17. The number of likely N-dealkylation sites (tertiary alicyclic amines) is 1. The number of carboxylic acids is 1. The topological polar surface area (TPSA) is 43.8 Å². The van der Waals surface area contributed by atoms with E-state index in [-0.39, 0.29) is 5.92 Å². The number of rotatable bonds is 5. The van der Waals surface area contributed by atoms with Crippen molar-refractivity contribution in [2.45, 2.75) is 13.3 Å². The van der Waals surface area contributed by atoms with Crippen molar-refractivity contribution in [2.75, 3.05) is 38.1 Å². The molecule has 2 atom stereocenters. The minimum absolute atomic E-state index is 0.208. The first kappa shape index (κ1) is 14.9. The Morgan fingerprint density at radius 2 is 2.05 bits per heavy atom. The summed E-state index contributed by atoms with van der Waals surface area (Å²) in [6.07, 6.45) is 0.806. The largest absolute Gasteiger partial charge is 0.481 e. The fourth-order valence-electron chi connectivity index (χ4n) is 2.93. The van der Waals surface area contributed by atoms with E-state index in [1.54, 1.807) is 0 Å². The number of nitrogens with zero attached hydrogens (tertiary/aromatic N) is 2. The molecule has 1 aromatic rings. The van der Waals surface area contributed by atoms with Crippen molar-refractivity contribution in [3.63, 3.8) is 0 Å². The fourth-order valence-corrected chi connectivity index (χ4v) is 2.93. The van der Waals surface area contributed by atoms with Gasteiger partial charge < -0.3 is 14.9 Å². The van der Waals surface area contributed by atoms with Gasteiger partial charge in [-0.25, -0.2) is 0 Å². The first-order valence-corrected chi connectivity index (χ1v) is 7.27. The minimum atomic E-state index is -0.655. The molecule has 1 aliphatic heterocycles. The number of aliphatic carboxylic acids is 1. The van der Waals surface area contributed by atoms with Gasteiger partial charge >= 0.3 is 5.97 Å². The normalized spacial score (nSPS) is 23.5. The molecular weight excluding hydrogens is 252 g/mol. The van der Waals surface area contributed by atoms with Crippen molar-refractivity contribution in [1.82, 2.24) is 4.90 Å². The molecule has 0 saturated carbocycles. The molecule has 2 rings (SSSR count). The molecule has 20 heavy (non-hydrogen) atoms. The van der Waals surface area contributed by atoms with Crippen LogP contribution in [-0.2, 0) is 4.79 Å². The summed E-state index contributed by atoms with van der Waals surface area (Å²) in [7, 11) is 2.08. The summed E-state index contributed by atoms with van der Waals surface area (Å²) in [5.74, 6) is -0.398. The second-order valence-electron chi connectivity index (χ2n) is 5.89. The van der Waals surface area contributed by atoms with E-state index in [1.165, 1.54) is 5.69 Å². The Bertz CT molecular complexity index is 435. The van der Waals surface area contributed by atoms with E-state index in [1.807, 2.05) is 18.2 Å². The van der Waals surface area contributed by atoms with Gasteiger partial charge in [0.2, 0.25) is 0 Å². The molecule has 1 N–H and O–H groups in total. The number of piperidine rings is 1. The lowest BCUT2D eigenvalue weighted by molar-refractivity contribution is -0.144. The molecule has 4 heteroatoms. The molecule has 0 aliphatic carbocycles. The molecule has 4 nitrogen and oxygen atoms in total. The quantitative estimate of drug-likeness (QED) is 0.895. The number of anilines is 1. The molecule has 0 radical (unpaired) electrons. The SMILES string of the molecule is CC1CC(C(=O)O)CN(CCN(C)c2ccccc2)C1. The third-order valence-electron chi connectivity index (χ3n) is 4.03. The van der Waals surface area contributed by atoms with E-state index < -0.39 is 5.97 Å². The zero-order chi connectivity index (χ0) is 14.5. The summed E-state index contributed by atoms with van der Waals surface area (Å²) in [6, 6.07) is 10.3. The van der Waals surface area contributed by atoms with Crippen LogP contribution in [0.1, 0.15) is 13.3 Å². The van der Waals surface area contributed by atoms with Crippen LogP contribution < -0.4 is 4.90 Å². The molecule has 1 aromatic carbocycles. The van der Waals surface area contributed by atoms with Crippen LogP contribution in [-0.4, -0.2) is 49.2 Å². The molecule has 0 amide bonds. The van der Waals surface area contributed by atoms with Crippen LogP contribution in [0.3, 0.4) is 0 Å². The van der Waals surface area contributed by atoms with E-state index in [0.29, 0.717) is 12.5 Å². The first-order valence-electron chi connectivity index (χ1n) is 7.27. The van der Waals surface area contributed by atoms with E-state index in [9.17, 15) is 9.90 Å². The number of hydrogen-bond donors (Lipinski definition) is 1. The monoisotopic (exact) mass is 276 g/mol. The number of likely N-dealkylation sites (N-methyl/N-ethyl adjacent to an activating group) is 1. The van der Waals surface area contributed by atoms with Gasteiger partial charge in [0.15, 0.2) is 0 Å². The van der Waals surface area contributed by atoms with E-state index >= 15 is 0 Å². The van der Waals surface area contributed by atoms with Gasteiger partial charge in [-0.2, -0.15) is 0 Å². The summed E-state index contributed by atoms with van der Waals surface area (Å²) < 4.78 is 0. The summed E-state index contributed by atoms with van der Waals surface area (Å²) in [6.45, 7) is 5.67. The molecular formula is C16H24N2O2. The van der Waals surface area contributed by atoms with E-state index in [4.69, 9.17) is 0 Å². The highest BCUT2D eigenvalue weighted by Crippen LogP contribution is 2.21. The molecule has 1 aliphatic rings. The third-order valence-corrected chi connectivity index (χ3v) is 4.03. The Morgan fingerprint density at radius 3 is 2.70 bits per heavy atom. The van der Waals surface area contributed by atoms with E-state index in [0.717, 1.165) is 26.1 Å². The van der Waals surface area contributed by atoms with Crippen molar-refractivity contribution >= 4 is 11.7 Å². The van der Waals surface area contributed by atoms with Crippen LogP contribution in [0.4, 0.5) is 5.69 Å². The second-order valence-corrected chi connectivity index (χ2v) is 5.89. The maximum atomic E-state index is 11.2. The van der Waals surface area contributed by atoms with Gasteiger partial charge in [0.1, 0.15) is 0 Å². The molecule has 0 bridgehead atoms. The lowest BCUT2D eigenvalue weighted by Gasteiger charge is -2.35. The Balaban J connectivity index is 1.85. The summed E-state index contributed by atoms with van der Waals surface area (Å²) in [5.41, 5.74) is 1.20. The van der Waals surface area contributed by atoms with Crippen LogP contribution in [0, 0.1) is 11.8 Å². The smallest absolute Gasteiger partial charge is 0.307 e. The van der Waals surface area contributed by atoms with Gasteiger partial charge in [-0.05, 0) is 24.5 Å². The maximum absolute atomic E-state index is 11.2. The summed E-state index contributed by atoms with van der Waals surface area (Å²) >= 11 is 0. The minimum Gasteiger partial charge on any atom is -0.481 e. The Morgan fingerprint density at radius 1 is 1.35 bits per heavy atom. The zero-order valence-electron chi connectivity index (χ0n) is 12.3. The van der Waals surface area contributed by atoms with Gasteiger partial charge in [-0.15, -0.1) is 0 Å². The number of benzene rings is 1. The Hall–Kier alpha value is -1.55. The molecule has 1 heterocycles. The highest BCUT2D eigenvalue weighted by atomic mass is 16.4. The number of carboxylic acid groups (broad SMARTS) is 1. The van der Waals surface area contributed by atoms with Crippen molar-refractivity contribution in [3.05, 3.63) is 30.3 Å². The second kappa shape index (κ2) is 6.75. The van der Waals surface area contributed by atoms with Crippen molar-refractivity contribution in [1.29, 1.82) is 0 Å². The predicted molar refractivity (Wildman–Crippen MR) is 81.1 cm³/mol. The number of para-hydroxylation sites is 1. The van der Waals surface area contributed by atoms with Crippen molar-refractivity contribution < 1.29 is 9.90 Å². The summed E-state index contributed by atoms with van der Waals surface area (Å²) in [4.78, 5) is 15.7. The molecule has 1 saturated heterocycles. The van der Waals surface area contributed by atoms with Gasteiger partial charge in [0.05, 0.1) is 5.92 Å². The first-order chi connectivity index (χ1) is 9.56. The molecule has 2 unspecified atom stereocenters. The Labute approximate surface area is 121 Å². The van der Waals surface area contributed by atoms with Gasteiger partial charge in [0.25, 0.3) is 0 Å². The highest BCUT2D eigenvalue weighted by molar-refractivity contribution is 5.70. The average molecular weight is 276 g/mol. The fraction of sp³-hybridized carbons (Fsp3) is 0.562. The summed E-state index contributed by atoms with van der Waals surface area (Å²) in [5, 5.41) is 9.19. The molecule has 1 fully saturated rings. The number of hydrogen-bond acceptors (Lipinski definition) is 3. The van der Waals surface area contributed by atoms with Gasteiger partial charge in [-0.3, -0.25) is 4.79 Å². The van der Waals surface area contributed by atoms with Crippen LogP contribution in [0.25, 0.3) is 0 Å². The highest BCUT2D eigenvalue weighted by Gasteiger charge is 2.29. The van der Waals surface area contributed by atoms with Gasteiger partial charge in [-0.1, -0.05) is 25.1 Å². The van der Waals surface area contributed by atoms with Crippen LogP contribution in [0.5, 0.6) is 0 Å². The maximum Gasteiger partial charge on any atom is 0.307 e. The Kier molecular flexibility index (Phi) is 5.01. The van der Waals surface area contributed by atoms with Crippen molar-refractivity contribution in [2.24, 2.45) is 11.8 Å². The van der Waals surface area contributed by atoms with Crippen molar-refractivity contribution in [3.8, 4) is 0 Å². The zero-order valence-corrected chi connectivity index (χ0v) is 12.3. The standard InChI is InChI=1S/C16H24N2O2/c1-13-10-14(16(19)20)12-18(11-13)9-8-17(2)15-6-4-3-5-7-15/h3-7,13-14H,8-12H2,1-2H3,(H,19,20). The lowest BCUT2D eigenvalue weighted by Crippen LogP contribution is -2.45. The molecule has 110 valence electrons. The van der Waals surface area contributed by atoms with Crippen LogP contribution in [0.2, 0.25) is 0 Å². The molecule has 0 aromatic heterocycles. The third kappa shape index (κ3) is 3.97. The lowest BCUT2D eigenvalue weighted by atomic mass is 9.90. The molecule has 0 spiro atoms.